The van der Waals surface area contributed by atoms with E-state index in [9.17, 15) is 19.5 Å². The standard InChI is InChI=1S/C21H21N3O4/c25-14-10-17-20(27)23-9-8-22(12-18(23)21(28)24(17)11-14)19(26)16-7-3-5-13-4-1-2-6-15(13)16/h1-7,14,17-18,25H,8-12H2/t14-,17+,18-/m1/s1. The molecule has 28 heavy (non-hydrogen) atoms. The lowest BCUT2D eigenvalue weighted by atomic mass is 10.00. The zero-order valence-corrected chi connectivity index (χ0v) is 15.3. The van der Waals surface area contributed by atoms with Gasteiger partial charge in [0.25, 0.3) is 5.91 Å². The van der Waals surface area contributed by atoms with Crippen molar-refractivity contribution < 1.29 is 19.5 Å². The number of carbonyl (C=O) groups excluding carboxylic acids is 3. The molecule has 3 amide bonds. The summed E-state index contributed by atoms with van der Waals surface area (Å²) in [5.41, 5.74) is 0.607. The molecule has 144 valence electrons. The molecule has 2 aromatic rings. The number of aliphatic hydroxyl groups excluding tert-OH is 1. The third-order valence-corrected chi connectivity index (χ3v) is 6.10. The molecule has 3 aliphatic rings. The van der Waals surface area contributed by atoms with Crippen LogP contribution in [0.5, 0.6) is 0 Å². The second-order valence-corrected chi connectivity index (χ2v) is 7.72. The van der Waals surface area contributed by atoms with Crippen molar-refractivity contribution in [1.29, 1.82) is 0 Å². The Balaban J connectivity index is 1.43. The fraction of sp³-hybridized carbons (Fsp3) is 0.381. The van der Waals surface area contributed by atoms with Gasteiger partial charge in [-0.1, -0.05) is 36.4 Å². The first-order valence-corrected chi connectivity index (χ1v) is 9.60. The number of carbonyl (C=O) groups is 3. The predicted octanol–water partition coefficient (Wildman–Crippen LogP) is 0.468. The lowest BCUT2D eigenvalue weighted by molar-refractivity contribution is -0.162. The van der Waals surface area contributed by atoms with Crippen LogP contribution in [0.15, 0.2) is 42.5 Å². The van der Waals surface area contributed by atoms with E-state index in [1.807, 2.05) is 36.4 Å². The number of rotatable bonds is 1. The van der Waals surface area contributed by atoms with E-state index in [-0.39, 0.29) is 30.8 Å². The number of nitrogens with zero attached hydrogens (tertiary/aromatic N) is 3. The van der Waals surface area contributed by atoms with Gasteiger partial charge in [-0.15, -0.1) is 0 Å². The molecule has 0 bridgehead atoms. The number of fused-ring (bicyclic) bond motifs is 3. The largest absolute Gasteiger partial charge is 0.391 e. The van der Waals surface area contributed by atoms with Crippen LogP contribution in [-0.4, -0.2) is 81.9 Å². The molecule has 0 spiro atoms. The van der Waals surface area contributed by atoms with Gasteiger partial charge in [0, 0.05) is 31.6 Å². The van der Waals surface area contributed by atoms with Gasteiger partial charge >= 0.3 is 0 Å². The first-order valence-electron chi connectivity index (χ1n) is 9.60. The third kappa shape index (κ3) is 2.50. The number of aliphatic hydroxyl groups is 1. The van der Waals surface area contributed by atoms with Crippen LogP contribution in [0, 0.1) is 0 Å². The number of amides is 3. The molecular formula is C21H21N3O4. The molecule has 3 aliphatic heterocycles. The highest BCUT2D eigenvalue weighted by atomic mass is 16.3. The number of benzene rings is 2. The van der Waals surface area contributed by atoms with Crippen molar-refractivity contribution in [3.05, 3.63) is 48.0 Å². The summed E-state index contributed by atoms with van der Waals surface area (Å²) in [6, 6.07) is 12.1. The Morgan fingerprint density at radius 2 is 1.64 bits per heavy atom. The van der Waals surface area contributed by atoms with Crippen molar-refractivity contribution >= 4 is 28.5 Å². The van der Waals surface area contributed by atoms with Gasteiger partial charge in [0.2, 0.25) is 11.8 Å². The monoisotopic (exact) mass is 379 g/mol. The summed E-state index contributed by atoms with van der Waals surface area (Å²) in [7, 11) is 0. The van der Waals surface area contributed by atoms with E-state index in [1.54, 1.807) is 15.9 Å². The molecule has 0 aromatic heterocycles. The molecule has 3 saturated heterocycles. The van der Waals surface area contributed by atoms with Gasteiger partial charge in [0.05, 0.1) is 12.6 Å². The minimum absolute atomic E-state index is 0.113. The maximum atomic E-state index is 13.2. The van der Waals surface area contributed by atoms with Crippen molar-refractivity contribution in [2.24, 2.45) is 0 Å². The molecular weight excluding hydrogens is 358 g/mol. The Bertz CT molecular complexity index is 985. The van der Waals surface area contributed by atoms with Gasteiger partial charge in [-0.3, -0.25) is 14.4 Å². The van der Waals surface area contributed by atoms with E-state index in [1.165, 1.54) is 4.90 Å². The quantitative estimate of drug-likeness (QED) is 0.781. The lowest BCUT2D eigenvalue weighted by Gasteiger charge is -2.47. The lowest BCUT2D eigenvalue weighted by Crippen LogP contribution is -2.69. The SMILES string of the molecule is O=C(c1cccc2ccccc12)N1CCN2C(=O)[C@@H]3C[C@@H](O)CN3C(=O)[C@H]2C1. The highest BCUT2D eigenvalue weighted by molar-refractivity contribution is 6.07. The maximum absolute atomic E-state index is 13.2. The van der Waals surface area contributed by atoms with Crippen LogP contribution in [0.1, 0.15) is 16.8 Å². The van der Waals surface area contributed by atoms with Gasteiger partial charge in [-0.05, 0) is 16.8 Å². The van der Waals surface area contributed by atoms with Gasteiger partial charge in [-0.2, -0.15) is 0 Å². The molecule has 7 heteroatoms. The zero-order chi connectivity index (χ0) is 19.4. The Kier molecular flexibility index (Phi) is 3.87. The maximum Gasteiger partial charge on any atom is 0.254 e. The van der Waals surface area contributed by atoms with E-state index in [4.69, 9.17) is 0 Å². The zero-order valence-electron chi connectivity index (χ0n) is 15.3. The predicted molar refractivity (Wildman–Crippen MR) is 101 cm³/mol. The second kappa shape index (κ2) is 6.31. The van der Waals surface area contributed by atoms with Crippen molar-refractivity contribution in [1.82, 2.24) is 14.7 Å². The molecule has 3 atom stereocenters. The van der Waals surface area contributed by atoms with Gasteiger partial charge in [-0.25, -0.2) is 0 Å². The fourth-order valence-electron chi connectivity index (χ4n) is 4.70. The topological polar surface area (TPSA) is 81.2 Å². The summed E-state index contributed by atoms with van der Waals surface area (Å²) >= 11 is 0. The molecule has 3 fully saturated rings. The summed E-state index contributed by atoms with van der Waals surface area (Å²) in [6.45, 7) is 1.11. The number of piperazine rings is 2. The Labute approximate surface area is 162 Å². The van der Waals surface area contributed by atoms with E-state index in [2.05, 4.69) is 0 Å². The highest BCUT2D eigenvalue weighted by Gasteiger charge is 2.51. The average Bonchev–Trinajstić information content (AvgIpc) is 3.13. The molecule has 1 N–H and O–H groups in total. The summed E-state index contributed by atoms with van der Waals surface area (Å²) in [6.07, 6.45) is -0.362. The molecule has 7 nitrogen and oxygen atoms in total. The van der Waals surface area contributed by atoms with Crippen molar-refractivity contribution in [2.75, 3.05) is 26.2 Å². The van der Waals surface area contributed by atoms with E-state index >= 15 is 0 Å². The molecule has 2 aromatic carbocycles. The molecule has 0 unspecified atom stereocenters. The summed E-state index contributed by atoms with van der Waals surface area (Å²) in [5, 5.41) is 11.8. The van der Waals surface area contributed by atoms with Crippen LogP contribution in [0.2, 0.25) is 0 Å². The smallest absolute Gasteiger partial charge is 0.254 e. The van der Waals surface area contributed by atoms with Crippen molar-refractivity contribution in [3.63, 3.8) is 0 Å². The minimum atomic E-state index is -0.665. The van der Waals surface area contributed by atoms with Gasteiger partial charge in [0.15, 0.2) is 0 Å². The first-order chi connectivity index (χ1) is 13.5. The number of hydrogen-bond donors (Lipinski definition) is 1. The Morgan fingerprint density at radius 1 is 0.893 bits per heavy atom. The second-order valence-electron chi connectivity index (χ2n) is 7.72. The number of hydrogen-bond acceptors (Lipinski definition) is 4. The fourth-order valence-corrected chi connectivity index (χ4v) is 4.70. The van der Waals surface area contributed by atoms with E-state index in [0.29, 0.717) is 25.1 Å². The molecule has 3 heterocycles. The summed E-state index contributed by atoms with van der Waals surface area (Å²) in [4.78, 5) is 43.7. The van der Waals surface area contributed by atoms with E-state index < -0.39 is 18.2 Å². The highest BCUT2D eigenvalue weighted by Crippen LogP contribution is 2.30. The van der Waals surface area contributed by atoms with Crippen LogP contribution in [-0.2, 0) is 9.59 Å². The van der Waals surface area contributed by atoms with Crippen molar-refractivity contribution in [2.45, 2.75) is 24.6 Å². The van der Waals surface area contributed by atoms with Crippen LogP contribution in [0.3, 0.4) is 0 Å². The minimum Gasteiger partial charge on any atom is -0.391 e. The van der Waals surface area contributed by atoms with Crippen LogP contribution < -0.4 is 0 Å². The Morgan fingerprint density at radius 3 is 2.50 bits per heavy atom. The van der Waals surface area contributed by atoms with Gasteiger partial charge in [0.1, 0.15) is 12.1 Å². The van der Waals surface area contributed by atoms with Crippen LogP contribution in [0.25, 0.3) is 10.8 Å². The first kappa shape index (κ1) is 17.2. The average molecular weight is 379 g/mol. The molecule has 0 radical (unpaired) electrons. The van der Waals surface area contributed by atoms with E-state index in [0.717, 1.165) is 10.8 Å². The van der Waals surface area contributed by atoms with Crippen molar-refractivity contribution in [3.8, 4) is 0 Å². The third-order valence-electron chi connectivity index (χ3n) is 6.10. The molecule has 0 aliphatic carbocycles. The molecule has 5 rings (SSSR count). The normalized spacial score (nSPS) is 27.2. The molecule has 0 saturated carbocycles. The Hall–Kier alpha value is -2.93. The van der Waals surface area contributed by atoms with Crippen LogP contribution in [0.4, 0.5) is 0 Å². The van der Waals surface area contributed by atoms with Gasteiger partial charge < -0.3 is 19.8 Å². The summed E-state index contributed by atoms with van der Waals surface area (Å²) < 4.78 is 0. The van der Waals surface area contributed by atoms with Crippen LogP contribution >= 0.6 is 0 Å². The summed E-state index contributed by atoms with van der Waals surface area (Å²) in [5.74, 6) is -0.407.